The molecule has 1 nitrogen and oxygen atoms in total. The number of rotatable bonds is 5. The number of halogens is 7. The molecule has 0 heterocycles. The SMILES string of the molecule is O=C(CCC(F)(F)C(F)F)c1ccc(C(F)(F)F)cc1. The van der Waals surface area contributed by atoms with Gasteiger partial charge in [0.2, 0.25) is 0 Å². The number of carbonyl (C=O) groups is 1. The lowest BCUT2D eigenvalue weighted by Crippen LogP contribution is -2.27. The molecule has 1 aromatic rings. The summed E-state index contributed by atoms with van der Waals surface area (Å²) in [5.74, 6) is -5.21. The Balaban J connectivity index is 2.70. The van der Waals surface area contributed by atoms with Gasteiger partial charge in [-0.05, 0) is 12.1 Å². The Morgan fingerprint density at radius 2 is 1.50 bits per heavy atom. The van der Waals surface area contributed by atoms with E-state index in [9.17, 15) is 35.5 Å². The summed E-state index contributed by atoms with van der Waals surface area (Å²) in [6.45, 7) is 0. The van der Waals surface area contributed by atoms with Crippen LogP contribution in [0.2, 0.25) is 0 Å². The molecule has 0 spiro atoms. The normalized spacial score (nSPS) is 12.8. The van der Waals surface area contributed by atoms with Gasteiger partial charge in [-0.15, -0.1) is 0 Å². The molecule has 0 aliphatic rings. The highest BCUT2D eigenvalue weighted by atomic mass is 19.4. The van der Waals surface area contributed by atoms with Crippen LogP contribution in [-0.2, 0) is 6.18 Å². The third-order valence-corrected chi connectivity index (χ3v) is 2.54. The van der Waals surface area contributed by atoms with Crippen LogP contribution in [-0.4, -0.2) is 18.1 Å². The van der Waals surface area contributed by atoms with Crippen molar-refractivity contribution in [1.82, 2.24) is 0 Å². The molecule has 0 atom stereocenters. The fourth-order valence-electron chi connectivity index (χ4n) is 1.38. The zero-order chi connectivity index (χ0) is 15.6. The Morgan fingerprint density at radius 1 is 1.00 bits per heavy atom. The van der Waals surface area contributed by atoms with Gasteiger partial charge >= 0.3 is 18.5 Å². The van der Waals surface area contributed by atoms with Crippen molar-refractivity contribution in [3.63, 3.8) is 0 Å². The molecule has 0 aliphatic heterocycles. The number of alkyl halides is 7. The second-order valence-corrected chi connectivity index (χ2v) is 4.06. The molecule has 0 aliphatic carbocycles. The van der Waals surface area contributed by atoms with Crippen LogP contribution in [0.3, 0.4) is 0 Å². The zero-order valence-electron chi connectivity index (χ0n) is 9.85. The Morgan fingerprint density at radius 3 is 1.90 bits per heavy atom. The van der Waals surface area contributed by atoms with E-state index < -0.39 is 42.7 Å². The molecule has 112 valence electrons. The Labute approximate surface area is 109 Å². The number of carbonyl (C=O) groups excluding carboxylic acids is 1. The first kappa shape index (κ1) is 16.5. The van der Waals surface area contributed by atoms with Crippen LogP contribution in [0.1, 0.15) is 28.8 Å². The van der Waals surface area contributed by atoms with E-state index in [0.717, 1.165) is 12.1 Å². The number of hydrogen-bond donors (Lipinski definition) is 0. The lowest BCUT2D eigenvalue weighted by molar-refractivity contribution is -0.137. The van der Waals surface area contributed by atoms with E-state index in [1.807, 2.05) is 0 Å². The van der Waals surface area contributed by atoms with E-state index >= 15 is 0 Å². The van der Waals surface area contributed by atoms with Crippen LogP contribution in [0.25, 0.3) is 0 Å². The highest BCUT2D eigenvalue weighted by Gasteiger charge is 2.40. The van der Waals surface area contributed by atoms with Crippen molar-refractivity contribution in [1.29, 1.82) is 0 Å². The molecule has 0 fully saturated rings. The Hall–Kier alpha value is -1.60. The maximum Gasteiger partial charge on any atom is 0.416 e. The minimum atomic E-state index is -4.58. The van der Waals surface area contributed by atoms with Crippen molar-refractivity contribution in [3.05, 3.63) is 35.4 Å². The second-order valence-electron chi connectivity index (χ2n) is 4.06. The molecule has 0 aromatic heterocycles. The van der Waals surface area contributed by atoms with Crippen LogP contribution < -0.4 is 0 Å². The predicted octanol–water partition coefficient (Wildman–Crippen LogP) is 4.57. The average molecular weight is 302 g/mol. The molecule has 1 rings (SSSR count). The van der Waals surface area contributed by atoms with Gasteiger partial charge in [-0.3, -0.25) is 4.79 Å². The Kier molecular flexibility index (Phi) is 4.77. The van der Waals surface area contributed by atoms with Gasteiger partial charge in [-0.1, -0.05) is 12.1 Å². The molecule has 0 radical (unpaired) electrons. The summed E-state index contributed by atoms with van der Waals surface area (Å²) in [7, 11) is 0. The van der Waals surface area contributed by atoms with Crippen LogP contribution in [0, 0.1) is 0 Å². The minimum absolute atomic E-state index is 0.233. The van der Waals surface area contributed by atoms with Gasteiger partial charge in [0.05, 0.1) is 5.56 Å². The lowest BCUT2D eigenvalue weighted by Gasteiger charge is -2.14. The van der Waals surface area contributed by atoms with Gasteiger partial charge in [-0.25, -0.2) is 17.6 Å². The molecule has 1 aromatic carbocycles. The maximum absolute atomic E-state index is 12.6. The third-order valence-electron chi connectivity index (χ3n) is 2.54. The summed E-state index contributed by atoms with van der Waals surface area (Å²) in [4.78, 5) is 11.4. The second kappa shape index (κ2) is 5.80. The number of benzene rings is 1. The van der Waals surface area contributed by atoms with Gasteiger partial charge in [0.1, 0.15) is 0 Å². The monoisotopic (exact) mass is 302 g/mol. The fourth-order valence-corrected chi connectivity index (χ4v) is 1.38. The molecule has 0 bridgehead atoms. The predicted molar refractivity (Wildman–Crippen MR) is 56.0 cm³/mol. The van der Waals surface area contributed by atoms with Crippen molar-refractivity contribution in [3.8, 4) is 0 Å². The molecule has 0 amide bonds. The third kappa shape index (κ3) is 4.21. The van der Waals surface area contributed by atoms with Gasteiger partial charge in [-0.2, -0.15) is 13.2 Å². The van der Waals surface area contributed by atoms with Crippen molar-refractivity contribution >= 4 is 5.78 Å². The highest BCUT2D eigenvalue weighted by Crippen LogP contribution is 2.30. The zero-order valence-corrected chi connectivity index (χ0v) is 9.85. The van der Waals surface area contributed by atoms with Gasteiger partial charge < -0.3 is 0 Å². The minimum Gasteiger partial charge on any atom is -0.294 e. The molecule has 20 heavy (non-hydrogen) atoms. The standard InChI is InChI=1S/C12H9F7O/c13-10(14)11(15,16)6-5-9(20)7-1-3-8(4-2-7)12(17,18)19/h1-4,10H,5-6H2. The topological polar surface area (TPSA) is 17.1 Å². The quantitative estimate of drug-likeness (QED) is 0.575. The number of hydrogen-bond acceptors (Lipinski definition) is 1. The first-order valence-electron chi connectivity index (χ1n) is 5.40. The highest BCUT2D eigenvalue weighted by molar-refractivity contribution is 5.96. The maximum atomic E-state index is 12.6. The summed E-state index contributed by atoms with van der Waals surface area (Å²) < 4.78 is 85.6. The van der Waals surface area contributed by atoms with Gasteiger partial charge in [0.15, 0.2) is 5.78 Å². The molecular weight excluding hydrogens is 293 g/mol. The van der Waals surface area contributed by atoms with E-state index in [0.29, 0.717) is 12.1 Å². The summed E-state index contributed by atoms with van der Waals surface area (Å²) >= 11 is 0. The van der Waals surface area contributed by atoms with Crippen molar-refractivity contribution in [2.24, 2.45) is 0 Å². The van der Waals surface area contributed by atoms with Crippen LogP contribution in [0.5, 0.6) is 0 Å². The summed E-state index contributed by atoms with van der Waals surface area (Å²) in [5, 5.41) is 0. The fraction of sp³-hybridized carbons (Fsp3) is 0.417. The Bertz CT molecular complexity index is 462. The molecule has 0 saturated heterocycles. The molecule has 0 unspecified atom stereocenters. The largest absolute Gasteiger partial charge is 0.416 e. The van der Waals surface area contributed by atoms with E-state index in [2.05, 4.69) is 0 Å². The number of ketones is 1. The first-order chi connectivity index (χ1) is 9.04. The summed E-state index contributed by atoms with van der Waals surface area (Å²) in [6, 6.07) is 2.90. The van der Waals surface area contributed by atoms with E-state index in [1.54, 1.807) is 0 Å². The van der Waals surface area contributed by atoms with Crippen LogP contribution >= 0.6 is 0 Å². The van der Waals surface area contributed by atoms with E-state index in [-0.39, 0.29) is 5.56 Å². The summed E-state index contributed by atoms with van der Waals surface area (Å²) in [5.41, 5.74) is -1.23. The molecule has 0 saturated carbocycles. The van der Waals surface area contributed by atoms with E-state index in [1.165, 1.54) is 0 Å². The van der Waals surface area contributed by atoms with Crippen LogP contribution in [0.15, 0.2) is 24.3 Å². The van der Waals surface area contributed by atoms with Gasteiger partial charge in [0, 0.05) is 18.4 Å². The van der Waals surface area contributed by atoms with E-state index in [4.69, 9.17) is 0 Å². The number of Topliss-reactive ketones (excluding diaryl/α,β-unsaturated/α-hetero) is 1. The first-order valence-corrected chi connectivity index (χ1v) is 5.40. The van der Waals surface area contributed by atoms with Crippen molar-refractivity contribution < 1.29 is 35.5 Å². The molecule has 0 N–H and O–H groups in total. The molecular formula is C12H9F7O. The van der Waals surface area contributed by atoms with Crippen molar-refractivity contribution in [2.45, 2.75) is 31.4 Å². The van der Waals surface area contributed by atoms with Crippen LogP contribution in [0.4, 0.5) is 30.7 Å². The molecule has 8 heteroatoms. The van der Waals surface area contributed by atoms with Gasteiger partial charge in [0.25, 0.3) is 0 Å². The lowest BCUT2D eigenvalue weighted by atomic mass is 10.0. The average Bonchev–Trinajstić information content (AvgIpc) is 2.35. The van der Waals surface area contributed by atoms with Crippen molar-refractivity contribution in [2.75, 3.05) is 0 Å². The summed E-state index contributed by atoms with van der Waals surface area (Å²) in [6.07, 6.45) is -10.7. The smallest absolute Gasteiger partial charge is 0.294 e.